The largest absolute Gasteiger partial charge is 0.337 e. The topological polar surface area (TPSA) is 50.2 Å². The molecule has 0 fully saturated rings. The van der Waals surface area contributed by atoms with Crippen LogP contribution in [0.5, 0.6) is 0 Å². The lowest BCUT2D eigenvalue weighted by Gasteiger charge is -2.16. The second-order valence-electron chi connectivity index (χ2n) is 3.51. The van der Waals surface area contributed by atoms with Crippen molar-refractivity contribution < 1.29 is 4.79 Å². The molecule has 0 bridgehead atoms. The van der Waals surface area contributed by atoms with Gasteiger partial charge in [0.15, 0.2) is 0 Å². The number of nitrogens with one attached hydrogen (secondary N) is 1. The molecule has 16 heavy (non-hydrogen) atoms. The van der Waals surface area contributed by atoms with Gasteiger partial charge in [0.1, 0.15) is 5.82 Å². The third-order valence-electron chi connectivity index (χ3n) is 2.23. The molecule has 1 heterocycles. The Morgan fingerprint density at radius 1 is 1.75 bits per heavy atom. The first-order chi connectivity index (χ1) is 7.65. The minimum Gasteiger partial charge on any atom is -0.337 e. The average molecular weight is 220 g/mol. The van der Waals surface area contributed by atoms with Gasteiger partial charge in [-0.25, -0.2) is 4.98 Å². The van der Waals surface area contributed by atoms with Gasteiger partial charge in [0.2, 0.25) is 5.91 Å². The Morgan fingerprint density at radius 3 is 3.06 bits per heavy atom. The molecule has 1 aromatic rings. The number of hydrogen-bond donors (Lipinski definition) is 1. The highest BCUT2D eigenvalue weighted by atomic mass is 16.2. The highest BCUT2D eigenvalue weighted by molar-refractivity contribution is 5.77. The molecular formula is C11H16N4O. The summed E-state index contributed by atoms with van der Waals surface area (Å²) in [5.41, 5.74) is 0. The smallest absolute Gasteiger partial charge is 0.236 e. The summed E-state index contributed by atoms with van der Waals surface area (Å²) >= 11 is 0. The van der Waals surface area contributed by atoms with Crippen molar-refractivity contribution in [3.63, 3.8) is 0 Å². The van der Waals surface area contributed by atoms with Crippen LogP contribution in [0.1, 0.15) is 5.82 Å². The number of aryl methyl sites for hydroxylation is 1. The molecule has 5 nitrogen and oxygen atoms in total. The number of imidazole rings is 1. The fourth-order valence-electron chi connectivity index (χ4n) is 1.23. The maximum absolute atomic E-state index is 11.6. The summed E-state index contributed by atoms with van der Waals surface area (Å²) in [6.45, 7) is 1.16. The third-order valence-corrected chi connectivity index (χ3v) is 2.23. The van der Waals surface area contributed by atoms with E-state index in [4.69, 9.17) is 6.42 Å². The number of rotatable bonds is 5. The molecule has 0 aliphatic heterocycles. The number of carbonyl (C=O) groups is 1. The molecular weight excluding hydrogens is 204 g/mol. The maximum Gasteiger partial charge on any atom is 0.236 e. The van der Waals surface area contributed by atoms with Gasteiger partial charge in [-0.3, -0.25) is 10.1 Å². The molecule has 0 spiro atoms. The van der Waals surface area contributed by atoms with E-state index in [2.05, 4.69) is 16.2 Å². The Bertz CT molecular complexity index is 391. The lowest BCUT2D eigenvalue weighted by Crippen LogP contribution is -2.35. The van der Waals surface area contributed by atoms with Gasteiger partial charge in [-0.2, -0.15) is 0 Å². The van der Waals surface area contributed by atoms with Crippen molar-refractivity contribution in [2.45, 2.75) is 6.54 Å². The first-order valence-corrected chi connectivity index (χ1v) is 4.99. The summed E-state index contributed by atoms with van der Waals surface area (Å²) in [7, 11) is 3.64. The molecule has 5 heteroatoms. The molecule has 1 aromatic heterocycles. The average Bonchev–Trinajstić information content (AvgIpc) is 2.64. The molecule has 0 atom stereocenters. The summed E-state index contributed by atoms with van der Waals surface area (Å²) in [6.07, 6.45) is 8.63. The van der Waals surface area contributed by atoms with Crippen molar-refractivity contribution >= 4 is 5.91 Å². The van der Waals surface area contributed by atoms with E-state index >= 15 is 0 Å². The zero-order valence-corrected chi connectivity index (χ0v) is 9.60. The molecule has 0 saturated heterocycles. The van der Waals surface area contributed by atoms with E-state index in [0.717, 1.165) is 5.82 Å². The zero-order valence-electron chi connectivity index (χ0n) is 9.60. The van der Waals surface area contributed by atoms with Gasteiger partial charge in [0.25, 0.3) is 0 Å². The molecule has 0 radical (unpaired) electrons. The summed E-state index contributed by atoms with van der Waals surface area (Å²) < 4.78 is 1.89. The van der Waals surface area contributed by atoms with Crippen LogP contribution in [0, 0.1) is 12.3 Å². The number of hydrogen-bond acceptors (Lipinski definition) is 3. The summed E-state index contributed by atoms with van der Waals surface area (Å²) in [4.78, 5) is 17.4. The molecule has 0 unspecified atom stereocenters. The second kappa shape index (κ2) is 5.93. The number of terminal acetylenes is 1. The lowest BCUT2D eigenvalue weighted by atomic mass is 10.4. The van der Waals surface area contributed by atoms with Crippen LogP contribution in [-0.2, 0) is 18.4 Å². The molecule has 86 valence electrons. The van der Waals surface area contributed by atoms with E-state index in [1.54, 1.807) is 18.1 Å². The number of carbonyl (C=O) groups excluding carboxylic acids is 1. The predicted molar refractivity (Wildman–Crippen MR) is 61.4 cm³/mol. The van der Waals surface area contributed by atoms with E-state index in [1.165, 1.54) is 0 Å². The van der Waals surface area contributed by atoms with Crippen molar-refractivity contribution in [3.05, 3.63) is 18.2 Å². The quantitative estimate of drug-likeness (QED) is 0.542. The normalized spacial score (nSPS) is 9.81. The number of amides is 1. The van der Waals surface area contributed by atoms with Crippen LogP contribution in [0.25, 0.3) is 0 Å². The van der Waals surface area contributed by atoms with Crippen LogP contribution < -0.4 is 5.32 Å². The Hall–Kier alpha value is -1.80. The Labute approximate surface area is 95.5 Å². The second-order valence-corrected chi connectivity index (χ2v) is 3.51. The van der Waals surface area contributed by atoms with E-state index < -0.39 is 0 Å². The van der Waals surface area contributed by atoms with E-state index in [9.17, 15) is 4.79 Å². The van der Waals surface area contributed by atoms with Crippen molar-refractivity contribution in [3.8, 4) is 12.3 Å². The van der Waals surface area contributed by atoms with Crippen LogP contribution in [0.15, 0.2) is 12.4 Å². The van der Waals surface area contributed by atoms with Crippen molar-refractivity contribution in [2.75, 3.05) is 20.1 Å². The van der Waals surface area contributed by atoms with Crippen molar-refractivity contribution in [2.24, 2.45) is 7.05 Å². The fourth-order valence-corrected chi connectivity index (χ4v) is 1.23. The first kappa shape index (κ1) is 12.3. The lowest BCUT2D eigenvalue weighted by molar-refractivity contribution is -0.129. The molecule has 1 rings (SSSR count). The standard InChI is InChI=1S/C11H16N4O/c1-4-5-12-8-11(16)15(3)9-10-13-6-7-14(10)2/h1,6-7,12H,5,8-9H2,2-3H3. The van der Waals surface area contributed by atoms with Crippen LogP contribution in [-0.4, -0.2) is 40.5 Å². The fraction of sp³-hybridized carbons (Fsp3) is 0.455. The third kappa shape index (κ3) is 3.41. The Morgan fingerprint density at radius 2 is 2.50 bits per heavy atom. The number of aromatic nitrogens is 2. The molecule has 0 aliphatic carbocycles. The number of likely N-dealkylation sites (N-methyl/N-ethyl adjacent to an activating group) is 1. The molecule has 0 aliphatic rings. The minimum atomic E-state index is -0.00162. The van der Waals surface area contributed by atoms with Gasteiger partial charge in [0, 0.05) is 26.5 Å². The predicted octanol–water partition coefficient (Wildman–Crippen LogP) is -0.399. The van der Waals surface area contributed by atoms with Crippen LogP contribution in [0.3, 0.4) is 0 Å². The summed E-state index contributed by atoms with van der Waals surface area (Å²) in [5, 5.41) is 2.86. The van der Waals surface area contributed by atoms with E-state index in [1.807, 2.05) is 17.8 Å². The van der Waals surface area contributed by atoms with Crippen molar-refractivity contribution in [1.29, 1.82) is 0 Å². The van der Waals surface area contributed by atoms with Crippen molar-refractivity contribution in [1.82, 2.24) is 19.8 Å². The van der Waals surface area contributed by atoms with E-state index in [-0.39, 0.29) is 12.5 Å². The summed E-state index contributed by atoms with van der Waals surface area (Å²) in [5.74, 6) is 3.27. The monoisotopic (exact) mass is 220 g/mol. The highest BCUT2D eigenvalue weighted by Gasteiger charge is 2.10. The van der Waals surface area contributed by atoms with Gasteiger partial charge in [0.05, 0.1) is 19.6 Å². The SMILES string of the molecule is C#CCNCC(=O)N(C)Cc1nccn1C. The first-order valence-electron chi connectivity index (χ1n) is 4.99. The van der Waals surface area contributed by atoms with Gasteiger partial charge in [-0.05, 0) is 0 Å². The van der Waals surface area contributed by atoms with Crippen LogP contribution in [0.2, 0.25) is 0 Å². The van der Waals surface area contributed by atoms with Gasteiger partial charge in [-0.15, -0.1) is 6.42 Å². The highest BCUT2D eigenvalue weighted by Crippen LogP contribution is 1.99. The zero-order chi connectivity index (χ0) is 12.0. The van der Waals surface area contributed by atoms with Gasteiger partial charge in [-0.1, -0.05) is 5.92 Å². The molecule has 0 saturated carbocycles. The minimum absolute atomic E-state index is 0.00162. The van der Waals surface area contributed by atoms with E-state index in [0.29, 0.717) is 13.1 Å². The summed E-state index contributed by atoms with van der Waals surface area (Å²) in [6, 6.07) is 0. The molecule has 0 aromatic carbocycles. The number of nitrogens with zero attached hydrogens (tertiary/aromatic N) is 3. The molecule has 1 amide bonds. The van der Waals surface area contributed by atoms with Crippen LogP contribution >= 0.6 is 0 Å². The Kier molecular flexibility index (Phi) is 4.55. The Balaban J connectivity index is 2.41. The van der Waals surface area contributed by atoms with Gasteiger partial charge < -0.3 is 9.47 Å². The maximum atomic E-state index is 11.6. The molecule has 1 N–H and O–H groups in total. The van der Waals surface area contributed by atoms with Gasteiger partial charge >= 0.3 is 0 Å². The van der Waals surface area contributed by atoms with Crippen LogP contribution in [0.4, 0.5) is 0 Å².